The fourth-order valence-electron chi connectivity index (χ4n) is 1.90. The maximum Gasteiger partial charge on any atom is 0.0594 e. The highest BCUT2D eigenvalue weighted by atomic mass is 15.1. The number of anilines is 2. The van der Waals surface area contributed by atoms with Gasteiger partial charge in [-0.15, -0.1) is 0 Å². The third-order valence-electron chi connectivity index (χ3n) is 2.89. The third kappa shape index (κ3) is 3.00. The molecule has 0 aliphatic rings. The number of rotatable bonds is 4. The number of hydrogen-bond acceptors (Lipinski definition) is 3. The van der Waals surface area contributed by atoms with Crippen LogP contribution in [0.5, 0.6) is 0 Å². The van der Waals surface area contributed by atoms with E-state index in [0.717, 1.165) is 17.9 Å². The van der Waals surface area contributed by atoms with Crippen LogP contribution in [-0.4, -0.2) is 19.1 Å². The van der Waals surface area contributed by atoms with Gasteiger partial charge in [0.25, 0.3) is 0 Å². The smallest absolute Gasteiger partial charge is 0.0594 e. The Hall–Kier alpha value is -2.03. The molecule has 0 fully saturated rings. The van der Waals surface area contributed by atoms with Crippen LogP contribution >= 0.6 is 0 Å². The van der Waals surface area contributed by atoms with Crippen LogP contribution in [0.3, 0.4) is 0 Å². The number of hydrogen-bond donors (Lipinski definition) is 1. The molecule has 94 valence electrons. The standard InChI is InChI=1S/C15H19N3/c1-12-7-8-13(10-15(12)18(2)3)17-11-14-6-4-5-9-16-14/h4-10,17H,11H2,1-3H3. The molecule has 0 amide bonds. The van der Waals surface area contributed by atoms with Gasteiger partial charge in [0.1, 0.15) is 0 Å². The SMILES string of the molecule is Cc1ccc(NCc2ccccn2)cc1N(C)C. The highest BCUT2D eigenvalue weighted by Gasteiger charge is 2.02. The molecule has 1 N–H and O–H groups in total. The molecule has 0 aliphatic heterocycles. The molecular formula is C15H19N3. The molecule has 0 saturated carbocycles. The first kappa shape index (κ1) is 12.4. The molecular weight excluding hydrogens is 222 g/mol. The molecule has 0 radical (unpaired) electrons. The van der Waals surface area contributed by atoms with Crippen LogP contribution in [0.4, 0.5) is 11.4 Å². The molecule has 0 bridgehead atoms. The van der Waals surface area contributed by atoms with E-state index in [1.807, 2.05) is 24.4 Å². The molecule has 1 heterocycles. The minimum Gasteiger partial charge on any atom is -0.379 e. The Morgan fingerprint density at radius 2 is 2.00 bits per heavy atom. The summed E-state index contributed by atoms with van der Waals surface area (Å²) in [5.41, 5.74) is 4.68. The summed E-state index contributed by atoms with van der Waals surface area (Å²) in [6.07, 6.45) is 1.82. The Morgan fingerprint density at radius 1 is 1.17 bits per heavy atom. The molecule has 0 unspecified atom stereocenters. The largest absolute Gasteiger partial charge is 0.379 e. The van der Waals surface area contributed by atoms with Gasteiger partial charge in [0, 0.05) is 31.7 Å². The molecule has 3 nitrogen and oxygen atoms in total. The van der Waals surface area contributed by atoms with Crippen molar-refractivity contribution in [2.45, 2.75) is 13.5 Å². The summed E-state index contributed by atoms with van der Waals surface area (Å²) in [7, 11) is 4.12. The summed E-state index contributed by atoms with van der Waals surface area (Å²) in [6, 6.07) is 12.4. The topological polar surface area (TPSA) is 28.2 Å². The lowest BCUT2D eigenvalue weighted by molar-refractivity contribution is 1.04. The summed E-state index contributed by atoms with van der Waals surface area (Å²) in [5.74, 6) is 0. The van der Waals surface area contributed by atoms with Gasteiger partial charge in [-0.05, 0) is 36.8 Å². The molecule has 0 atom stereocenters. The summed E-state index contributed by atoms with van der Waals surface area (Å²) < 4.78 is 0. The average Bonchev–Trinajstić information content (AvgIpc) is 2.38. The summed E-state index contributed by atoms with van der Waals surface area (Å²) in [4.78, 5) is 6.42. The van der Waals surface area contributed by atoms with E-state index in [0.29, 0.717) is 0 Å². The molecule has 18 heavy (non-hydrogen) atoms. The lowest BCUT2D eigenvalue weighted by atomic mass is 10.1. The van der Waals surface area contributed by atoms with Gasteiger partial charge in [-0.2, -0.15) is 0 Å². The quantitative estimate of drug-likeness (QED) is 0.891. The molecule has 1 aromatic heterocycles. The highest BCUT2D eigenvalue weighted by molar-refractivity contribution is 5.61. The predicted octanol–water partition coefficient (Wildman–Crippen LogP) is 3.07. The maximum absolute atomic E-state index is 4.30. The zero-order chi connectivity index (χ0) is 13.0. The Bertz CT molecular complexity index is 506. The van der Waals surface area contributed by atoms with E-state index in [1.165, 1.54) is 11.3 Å². The van der Waals surface area contributed by atoms with Crippen LogP contribution in [0.1, 0.15) is 11.3 Å². The van der Waals surface area contributed by atoms with Crippen LogP contribution in [-0.2, 0) is 6.54 Å². The van der Waals surface area contributed by atoms with E-state index in [4.69, 9.17) is 0 Å². The minimum atomic E-state index is 0.747. The number of nitrogens with one attached hydrogen (secondary N) is 1. The van der Waals surface area contributed by atoms with Crippen molar-refractivity contribution in [2.75, 3.05) is 24.3 Å². The first-order valence-corrected chi connectivity index (χ1v) is 6.08. The first-order chi connectivity index (χ1) is 8.66. The van der Waals surface area contributed by atoms with Crippen LogP contribution in [0.15, 0.2) is 42.6 Å². The second-order valence-corrected chi connectivity index (χ2v) is 4.57. The molecule has 2 aromatic rings. The van der Waals surface area contributed by atoms with Crippen molar-refractivity contribution in [1.82, 2.24) is 4.98 Å². The minimum absolute atomic E-state index is 0.747. The zero-order valence-electron chi connectivity index (χ0n) is 11.1. The Labute approximate surface area is 108 Å². The van der Waals surface area contributed by atoms with Gasteiger partial charge >= 0.3 is 0 Å². The van der Waals surface area contributed by atoms with E-state index >= 15 is 0 Å². The third-order valence-corrected chi connectivity index (χ3v) is 2.89. The number of aromatic nitrogens is 1. The normalized spacial score (nSPS) is 10.2. The lowest BCUT2D eigenvalue weighted by Gasteiger charge is -2.17. The van der Waals surface area contributed by atoms with Crippen molar-refractivity contribution >= 4 is 11.4 Å². The van der Waals surface area contributed by atoms with E-state index in [9.17, 15) is 0 Å². The van der Waals surface area contributed by atoms with Crippen molar-refractivity contribution in [3.8, 4) is 0 Å². The van der Waals surface area contributed by atoms with Crippen LogP contribution in [0, 0.1) is 6.92 Å². The molecule has 0 saturated heterocycles. The molecule has 3 heteroatoms. The van der Waals surface area contributed by atoms with Gasteiger partial charge < -0.3 is 10.2 Å². The second-order valence-electron chi connectivity index (χ2n) is 4.57. The van der Waals surface area contributed by atoms with E-state index in [1.54, 1.807) is 0 Å². The summed E-state index contributed by atoms with van der Waals surface area (Å²) in [5, 5.41) is 3.39. The van der Waals surface area contributed by atoms with Gasteiger partial charge in [-0.25, -0.2) is 0 Å². The van der Waals surface area contributed by atoms with Crippen molar-refractivity contribution in [1.29, 1.82) is 0 Å². The monoisotopic (exact) mass is 241 g/mol. The van der Waals surface area contributed by atoms with Gasteiger partial charge in [0.15, 0.2) is 0 Å². The molecule has 0 aliphatic carbocycles. The summed E-state index contributed by atoms with van der Waals surface area (Å²) in [6.45, 7) is 2.87. The number of pyridine rings is 1. The van der Waals surface area contributed by atoms with Crippen LogP contribution < -0.4 is 10.2 Å². The van der Waals surface area contributed by atoms with Crippen molar-refractivity contribution in [3.05, 3.63) is 53.9 Å². The van der Waals surface area contributed by atoms with Crippen molar-refractivity contribution < 1.29 is 0 Å². The van der Waals surface area contributed by atoms with Gasteiger partial charge in [-0.1, -0.05) is 12.1 Å². The number of benzene rings is 1. The average molecular weight is 241 g/mol. The Balaban J connectivity index is 2.08. The van der Waals surface area contributed by atoms with Crippen molar-refractivity contribution in [3.63, 3.8) is 0 Å². The van der Waals surface area contributed by atoms with Gasteiger partial charge in [0.05, 0.1) is 12.2 Å². The maximum atomic E-state index is 4.30. The first-order valence-electron chi connectivity index (χ1n) is 6.08. The molecule has 2 rings (SSSR count). The number of aryl methyl sites for hydroxylation is 1. The summed E-state index contributed by atoms with van der Waals surface area (Å²) >= 11 is 0. The Morgan fingerprint density at radius 3 is 2.67 bits per heavy atom. The van der Waals surface area contributed by atoms with Crippen molar-refractivity contribution in [2.24, 2.45) is 0 Å². The fraction of sp³-hybridized carbons (Fsp3) is 0.267. The van der Waals surface area contributed by atoms with Crippen LogP contribution in [0.2, 0.25) is 0 Å². The number of nitrogens with zero attached hydrogens (tertiary/aromatic N) is 2. The Kier molecular flexibility index (Phi) is 3.82. The molecule has 1 aromatic carbocycles. The molecule has 0 spiro atoms. The van der Waals surface area contributed by atoms with Gasteiger partial charge in [0.2, 0.25) is 0 Å². The second kappa shape index (κ2) is 5.54. The fourth-order valence-corrected chi connectivity index (χ4v) is 1.90. The van der Waals surface area contributed by atoms with E-state index in [-0.39, 0.29) is 0 Å². The lowest BCUT2D eigenvalue weighted by Crippen LogP contribution is -2.11. The highest BCUT2D eigenvalue weighted by Crippen LogP contribution is 2.22. The zero-order valence-corrected chi connectivity index (χ0v) is 11.1. The van der Waals surface area contributed by atoms with Crippen LogP contribution in [0.25, 0.3) is 0 Å². The predicted molar refractivity (Wildman–Crippen MR) is 77.1 cm³/mol. The van der Waals surface area contributed by atoms with E-state index < -0.39 is 0 Å². The van der Waals surface area contributed by atoms with E-state index in [2.05, 4.69) is 54.4 Å². The van der Waals surface area contributed by atoms with Gasteiger partial charge in [-0.3, -0.25) is 4.98 Å².